The van der Waals surface area contributed by atoms with Gasteiger partial charge in [-0.25, -0.2) is 14.4 Å². The van der Waals surface area contributed by atoms with E-state index in [0.717, 1.165) is 86.0 Å². The number of hydrogen-bond acceptors (Lipinski definition) is 7. The van der Waals surface area contributed by atoms with Crippen LogP contribution in [-0.4, -0.2) is 89.4 Å². The zero-order chi connectivity index (χ0) is 41.1. The quantitative estimate of drug-likeness (QED) is 0.173. The number of benzene rings is 2. The maximum Gasteiger partial charge on any atom is 0.159 e. The third kappa shape index (κ3) is 13.1. The summed E-state index contributed by atoms with van der Waals surface area (Å²) in [4.78, 5) is 16.3. The number of nitrogens with zero attached hydrogens (tertiary/aromatic N) is 6. The van der Waals surface area contributed by atoms with Crippen LogP contribution in [0.5, 0.6) is 0 Å². The Morgan fingerprint density at radius 3 is 2.09 bits per heavy atom. The Labute approximate surface area is 337 Å². The standard InChI is InChI=1S/C24H33N5.C17H18FN3.2C2H6.C2H4/c1-19-15-25-23(26-16-19)21-5-7-22(8-6-21)29-13-11-28(12-14-29)20(2)17-27-10-9-24(3,4)18-27;1-19-11-12-3-2-4-15-16(10-5-12)20-21-17(15)13-6-8-14(18)9-7-13;3*1-2/h5-8,15-16H,2,9-14,17-18H2,1,3-4H3;3,5-10,19H,2,4,11H2,1H3,(H,20,21);2*1-2H3;1-2H2/b;10-5-,12-3+;;;. The van der Waals surface area contributed by atoms with Gasteiger partial charge in [0.15, 0.2) is 5.82 Å². The highest BCUT2D eigenvalue weighted by Gasteiger charge is 2.30. The Morgan fingerprint density at radius 2 is 1.50 bits per heavy atom. The predicted octanol–water partition coefficient (Wildman–Crippen LogP) is 10.00. The maximum absolute atomic E-state index is 13.0. The lowest BCUT2D eigenvalue weighted by molar-refractivity contribution is 0.255. The number of fused-ring (bicyclic) bond motifs is 1. The highest BCUT2D eigenvalue weighted by atomic mass is 19.1. The van der Waals surface area contributed by atoms with E-state index in [1.54, 1.807) is 12.1 Å². The van der Waals surface area contributed by atoms with E-state index in [4.69, 9.17) is 0 Å². The summed E-state index contributed by atoms with van der Waals surface area (Å²) >= 11 is 0. The van der Waals surface area contributed by atoms with E-state index in [-0.39, 0.29) is 5.82 Å². The molecule has 0 amide bonds. The molecule has 1 aliphatic carbocycles. The second-order valence-corrected chi connectivity index (χ2v) is 14.4. The zero-order valence-electron chi connectivity index (χ0n) is 35.5. The number of halogens is 1. The second-order valence-electron chi connectivity index (χ2n) is 14.4. The molecule has 0 radical (unpaired) electrons. The fourth-order valence-electron chi connectivity index (χ4n) is 6.97. The molecule has 2 saturated heterocycles. The van der Waals surface area contributed by atoms with Crippen LogP contribution in [-0.2, 0) is 6.42 Å². The lowest BCUT2D eigenvalue weighted by atomic mass is 9.93. The maximum atomic E-state index is 13.0. The summed E-state index contributed by atoms with van der Waals surface area (Å²) in [6.07, 6.45) is 13.4. The Morgan fingerprint density at radius 1 is 0.875 bits per heavy atom. The van der Waals surface area contributed by atoms with Gasteiger partial charge in [0.25, 0.3) is 0 Å². The number of likely N-dealkylation sites (tertiary alicyclic amines) is 1. The summed E-state index contributed by atoms with van der Waals surface area (Å²) in [7, 11) is 1.95. The molecule has 2 aliphatic heterocycles. The monoisotopic (exact) mass is 763 g/mol. The van der Waals surface area contributed by atoms with Crippen LogP contribution in [0.15, 0.2) is 104 Å². The highest BCUT2D eigenvalue weighted by molar-refractivity contribution is 5.69. The van der Waals surface area contributed by atoms with Gasteiger partial charge >= 0.3 is 0 Å². The molecule has 4 aromatic rings. The molecule has 0 atom stereocenters. The van der Waals surface area contributed by atoms with Crippen LogP contribution in [0.3, 0.4) is 0 Å². The average Bonchev–Trinajstić information content (AvgIpc) is 3.79. The summed E-state index contributed by atoms with van der Waals surface area (Å²) in [5.74, 6) is 0.560. The molecule has 2 N–H and O–H groups in total. The van der Waals surface area contributed by atoms with E-state index in [1.807, 2.05) is 54.1 Å². The third-order valence-corrected chi connectivity index (χ3v) is 9.82. The number of nitrogens with one attached hydrogen (secondary N) is 2. The van der Waals surface area contributed by atoms with Crippen molar-refractivity contribution in [2.75, 3.05) is 64.3 Å². The molecule has 0 spiro atoms. The van der Waals surface area contributed by atoms with Gasteiger partial charge in [-0.1, -0.05) is 60.3 Å². The first-order valence-electron chi connectivity index (χ1n) is 20.3. The van der Waals surface area contributed by atoms with Gasteiger partial charge in [0, 0.05) is 86.3 Å². The molecule has 56 heavy (non-hydrogen) atoms. The van der Waals surface area contributed by atoms with Crippen molar-refractivity contribution in [3.8, 4) is 22.6 Å². The van der Waals surface area contributed by atoms with Gasteiger partial charge in [-0.3, -0.25) is 10.00 Å². The van der Waals surface area contributed by atoms with Crippen molar-refractivity contribution in [1.29, 1.82) is 0 Å². The molecule has 2 aromatic carbocycles. The molecule has 4 heterocycles. The molecule has 0 unspecified atom stereocenters. The molecule has 0 saturated carbocycles. The molecule has 7 rings (SSSR count). The fraction of sp³-hybridized carbons (Fsp3) is 0.426. The number of piperazine rings is 1. The van der Waals surface area contributed by atoms with Crippen LogP contribution < -0.4 is 10.2 Å². The summed E-state index contributed by atoms with van der Waals surface area (Å²) in [6.45, 7) is 33.5. The number of hydrogen-bond donors (Lipinski definition) is 2. The van der Waals surface area contributed by atoms with Gasteiger partial charge in [0.05, 0.1) is 11.4 Å². The van der Waals surface area contributed by atoms with Gasteiger partial charge in [-0.2, -0.15) is 5.10 Å². The fourth-order valence-corrected chi connectivity index (χ4v) is 6.97. The highest BCUT2D eigenvalue weighted by Crippen LogP contribution is 2.30. The van der Waals surface area contributed by atoms with Gasteiger partial charge < -0.3 is 15.1 Å². The normalized spacial score (nSPS) is 17.3. The minimum Gasteiger partial charge on any atom is -0.371 e. The first kappa shape index (κ1) is 45.5. The molecule has 3 aliphatic rings. The lowest BCUT2D eigenvalue weighted by Gasteiger charge is -2.39. The Balaban J connectivity index is 0.000000275. The van der Waals surface area contributed by atoms with Crippen molar-refractivity contribution < 1.29 is 4.39 Å². The number of rotatable bonds is 8. The summed E-state index contributed by atoms with van der Waals surface area (Å²) < 4.78 is 13.0. The molecule has 302 valence electrons. The van der Waals surface area contributed by atoms with Crippen molar-refractivity contribution in [1.82, 2.24) is 35.3 Å². The van der Waals surface area contributed by atoms with Crippen LogP contribution in [0, 0.1) is 18.2 Å². The Bertz CT molecular complexity index is 1800. The lowest BCUT2D eigenvalue weighted by Crippen LogP contribution is -2.47. The topological polar surface area (TPSA) is 76.2 Å². The molecule has 9 heteroatoms. The minimum absolute atomic E-state index is 0.225. The van der Waals surface area contributed by atoms with E-state index in [0.29, 0.717) is 5.41 Å². The zero-order valence-corrected chi connectivity index (χ0v) is 35.5. The van der Waals surface area contributed by atoms with Crippen molar-refractivity contribution in [2.45, 2.75) is 67.7 Å². The average molecular weight is 763 g/mol. The summed E-state index contributed by atoms with van der Waals surface area (Å²) in [6, 6.07) is 15.1. The molecule has 2 aromatic heterocycles. The van der Waals surface area contributed by atoms with Gasteiger partial charge in [0.2, 0.25) is 0 Å². The Hall–Kier alpha value is -4.86. The number of H-pyrrole nitrogens is 1. The number of likely N-dealkylation sites (N-methyl/N-ethyl adjacent to an activating group) is 1. The van der Waals surface area contributed by atoms with Crippen LogP contribution in [0.25, 0.3) is 28.7 Å². The van der Waals surface area contributed by atoms with Crippen LogP contribution >= 0.6 is 0 Å². The van der Waals surface area contributed by atoms with E-state index < -0.39 is 0 Å². The molecular weight excluding hydrogens is 696 g/mol. The van der Waals surface area contributed by atoms with Crippen molar-refractivity contribution >= 4 is 11.8 Å². The van der Waals surface area contributed by atoms with E-state index in [1.165, 1.54) is 54.2 Å². The van der Waals surface area contributed by atoms with Crippen LogP contribution in [0.1, 0.15) is 71.2 Å². The largest absolute Gasteiger partial charge is 0.371 e. The van der Waals surface area contributed by atoms with E-state index in [9.17, 15) is 4.39 Å². The number of allylic oxidation sites excluding steroid dienone is 1. The molecule has 0 bridgehead atoms. The van der Waals surface area contributed by atoms with E-state index in [2.05, 4.69) is 116 Å². The smallest absolute Gasteiger partial charge is 0.159 e. The first-order chi connectivity index (χ1) is 27.2. The van der Waals surface area contributed by atoms with Crippen LogP contribution in [0.4, 0.5) is 10.1 Å². The van der Waals surface area contributed by atoms with Gasteiger partial charge in [0.1, 0.15) is 5.82 Å². The van der Waals surface area contributed by atoms with Gasteiger partial charge in [-0.15, -0.1) is 13.2 Å². The number of aromatic nitrogens is 4. The molecule has 8 nitrogen and oxygen atoms in total. The first-order valence-corrected chi connectivity index (χ1v) is 20.3. The summed E-state index contributed by atoms with van der Waals surface area (Å²) in [5.41, 5.74) is 10.5. The van der Waals surface area contributed by atoms with Crippen molar-refractivity contribution in [2.24, 2.45) is 5.41 Å². The SMILES string of the molecule is C=C.C=C(CN1CCC(C)(C)C1)N1CCN(c2ccc(-c3ncc(C)cn3)cc2)CC1.CC.CC.CNCC1=C/CCc2c(-c3ccc(F)cc3)n[nH]c2/C=C\1. The minimum atomic E-state index is -0.225. The van der Waals surface area contributed by atoms with Crippen molar-refractivity contribution in [3.05, 3.63) is 127 Å². The Kier molecular flexibility index (Phi) is 18.9. The molecule has 2 fully saturated rings. The van der Waals surface area contributed by atoms with Gasteiger partial charge in [-0.05, 0) is 111 Å². The number of aryl methyl sites for hydroxylation is 1. The van der Waals surface area contributed by atoms with E-state index >= 15 is 0 Å². The predicted molar refractivity (Wildman–Crippen MR) is 237 cm³/mol. The molecular formula is C47H67FN8. The van der Waals surface area contributed by atoms with Crippen LogP contribution in [0.2, 0.25) is 0 Å². The summed E-state index contributed by atoms with van der Waals surface area (Å²) in [5, 5.41) is 10.7. The number of aromatic amines is 1. The third-order valence-electron chi connectivity index (χ3n) is 9.82. The second kappa shape index (κ2) is 23.3. The number of anilines is 1. The van der Waals surface area contributed by atoms with Crippen molar-refractivity contribution in [3.63, 3.8) is 0 Å².